The number of azo groups is 1. The lowest BCUT2D eigenvalue weighted by Gasteiger charge is -2.15. The van der Waals surface area contributed by atoms with E-state index in [1.54, 1.807) is 13.8 Å². The van der Waals surface area contributed by atoms with Gasteiger partial charge < -0.3 is 9.84 Å². The predicted octanol–water partition coefficient (Wildman–Crippen LogP) is 4.67. The second kappa shape index (κ2) is 12.4. The summed E-state index contributed by atoms with van der Waals surface area (Å²) in [7, 11) is 0. The summed E-state index contributed by atoms with van der Waals surface area (Å²) in [5.41, 5.74) is -0.753. The summed E-state index contributed by atoms with van der Waals surface area (Å²) in [5.74, 6) is -0.919. The topological polar surface area (TPSA) is 129 Å². The van der Waals surface area contributed by atoms with Gasteiger partial charge in [-0.15, -0.1) is 20.4 Å². The average Bonchev–Trinajstić information content (AvgIpc) is 3.16. The van der Waals surface area contributed by atoms with Crippen LogP contribution >= 0.6 is 12.2 Å². The molecule has 2 rings (SSSR count). The molecule has 11 nitrogen and oxygen atoms in total. The Labute approximate surface area is 198 Å². The van der Waals surface area contributed by atoms with Crippen LogP contribution in [0.4, 0.5) is 11.6 Å². The summed E-state index contributed by atoms with van der Waals surface area (Å²) in [4.78, 5) is 25.4. The third-order valence-electron chi connectivity index (χ3n) is 4.79. The summed E-state index contributed by atoms with van der Waals surface area (Å²) in [6.45, 7) is 10.7. The van der Waals surface area contributed by atoms with E-state index in [0.717, 1.165) is 25.7 Å². The van der Waals surface area contributed by atoms with Gasteiger partial charge in [-0.2, -0.15) is 0 Å². The van der Waals surface area contributed by atoms with Crippen molar-refractivity contribution in [3.8, 4) is 5.88 Å². The number of rotatable bonds is 12. The normalized spacial score (nSPS) is 11.6. The van der Waals surface area contributed by atoms with E-state index >= 15 is 0 Å². The van der Waals surface area contributed by atoms with Crippen LogP contribution in [0.2, 0.25) is 0 Å². The van der Waals surface area contributed by atoms with Gasteiger partial charge in [0.1, 0.15) is 0 Å². The molecule has 33 heavy (non-hydrogen) atoms. The van der Waals surface area contributed by atoms with Crippen molar-refractivity contribution in [2.24, 2.45) is 10.2 Å². The van der Waals surface area contributed by atoms with Gasteiger partial charge in [0, 0.05) is 19.6 Å². The zero-order valence-corrected chi connectivity index (χ0v) is 20.8. The molecular weight excluding hydrogens is 446 g/mol. The molecule has 0 atom stereocenters. The van der Waals surface area contributed by atoms with E-state index < -0.39 is 11.5 Å². The minimum absolute atomic E-state index is 0.00277. The number of ether oxygens (including phenoxy) is 1. The smallest absolute Gasteiger partial charge is 0.376 e. The Hall–Kier alpha value is -2.89. The monoisotopic (exact) mass is 479 g/mol. The van der Waals surface area contributed by atoms with Gasteiger partial charge in [-0.05, 0) is 45.3 Å². The molecule has 0 spiro atoms. The van der Waals surface area contributed by atoms with Crippen LogP contribution in [-0.2, 0) is 24.4 Å². The number of esters is 1. The molecule has 0 amide bonds. The first kappa shape index (κ1) is 26.4. The van der Waals surface area contributed by atoms with E-state index in [4.69, 9.17) is 17.0 Å². The maximum atomic E-state index is 13.1. The lowest BCUT2D eigenvalue weighted by Crippen LogP contribution is -2.25. The zero-order valence-electron chi connectivity index (χ0n) is 19.9. The van der Waals surface area contributed by atoms with Crippen LogP contribution in [0.25, 0.3) is 0 Å². The van der Waals surface area contributed by atoms with Crippen LogP contribution in [0.15, 0.2) is 15.0 Å². The highest BCUT2D eigenvalue weighted by Crippen LogP contribution is 2.26. The minimum Gasteiger partial charge on any atom is -0.493 e. The summed E-state index contributed by atoms with van der Waals surface area (Å²) < 4.78 is 9.89. The average molecular weight is 480 g/mol. The summed E-state index contributed by atoms with van der Waals surface area (Å²) in [6, 6.07) is 0. The number of hydrogen-bond donors (Lipinski definition) is 1. The maximum absolute atomic E-state index is 13.1. The Morgan fingerprint density at radius 2 is 1.64 bits per heavy atom. The van der Waals surface area contributed by atoms with Crippen LogP contribution in [0.1, 0.15) is 77.3 Å². The van der Waals surface area contributed by atoms with Gasteiger partial charge in [-0.1, -0.05) is 33.6 Å². The first-order valence-electron chi connectivity index (χ1n) is 11.4. The molecule has 0 aliphatic heterocycles. The van der Waals surface area contributed by atoms with E-state index in [-0.39, 0.29) is 34.2 Å². The number of hydrogen-bond acceptors (Lipinski definition) is 9. The molecule has 1 N–H and O–H groups in total. The third-order valence-corrected chi connectivity index (χ3v) is 5.23. The number of nitrogens with zero attached hydrogens (tertiary/aromatic N) is 7. The molecule has 0 aliphatic rings. The molecule has 2 heterocycles. The Morgan fingerprint density at radius 3 is 2.21 bits per heavy atom. The Balaban J connectivity index is 2.56. The fourth-order valence-corrected chi connectivity index (χ4v) is 3.46. The van der Waals surface area contributed by atoms with Gasteiger partial charge in [-0.25, -0.2) is 4.79 Å². The molecule has 182 valence electrons. The van der Waals surface area contributed by atoms with Crippen molar-refractivity contribution in [3.63, 3.8) is 0 Å². The Morgan fingerprint density at radius 1 is 1.00 bits per heavy atom. The molecule has 2 aromatic heterocycles. The molecule has 0 aromatic carbocycles. The molecule has 0 saturated heterocycles. The highest BCUT2D eigenvalue weighted by molar-refractivity contribution is 7.71. The summed E-state index contributed by atoms with van der Waals surface area (Å²) >= 11 is 5.47. The van der Waals surface area contributed by atoms with Crippen LogP contribution in [0, 0.1) is 4.77 Å². The number of carbonyl (C=O) groups excluding carboxylic acids is 1. The maximum Gasteiger partial charge on any atom is 0.376 e. The minimum atomic E-state index is -0.620. The lowest BCUT2D eigenvalue weighted by atomic mass is 10.3. The van der Waals surface area contributed by atoms with Crippen molar-refractivity contribution >= 4 is 29.8 Å². The van der Waals surface area contributed by atoms with E-state index in [1.165, 1.54) is 13.7 Å². The van der Waals surface area contributed by atoms with Crippen LogP contribution in [-0.4, -0.2) is 41.1 Å². The van der Waals surface area contributed by atoms with Crippen molar-refractivity contribution < 1.29 is 14.6 Å². The molecule has 0 aliphatic carbocycles. The van der Waals surface area contributed by atoms with Crippen molar-refractivity contribution in [1.29, 1.82) is 0 Å². The highest BCUT2D eigenvalue weighted by atomic mass is 32.1. The van der Waals surface area contributed by atoms with E-state index in [2.05, 4.69) is 20.4 Å². The summed E-state index contributed by atoms with van der Waals surface area (Å²) in [5, 5.41) is 26.7. The second-order valence-corrected chi connectivity index (χ2v) is 8.26. The second-order valence-electron chi connectivity index (χ2n) is 7.90. The largest absolute Gasteiger partial charge is 0.493 e. The van der Waals surface area contributed by atoms with Gasteiger partial charge in [0.2, 0.25) is 17.4 Å². The number of carbonyl (C=O) groups is 1. The van der Waals surface area contributed by atoms with Gasteiger partial charge >= 0.3 is 5.97 Å². The molecule has 2 aromatic rings. The van der Waals surface area contributed by atoms with E-state index in [1.807, 2.05) is 20.8 Å². The molecular formula is C21H33N7O4S. The fraction of sp³-hybridized carbons (Fsp3) is 0.667. The van der Waals surface area contributed by atoms with Crippen LogP contribution < -0.4 is 5.56 Å². The third kappa shape index (κ3) is 6.34. The van der Waals surface area contributed by atoms with Crippen LogP contribution in [0.5, 0.6) is 5.88 Å². The Bertz CT molecular complexity index is 1100. The van der Waals surface area contributed by atoms with Crippen molar-refractivity contribution in [2.75, 3.05) is 0 Å². The zero-order chi connectivity index (χ0) is 24.5. The SMILES string of the molecule is CCCCn1c(O)c(N=Nc2nnc(C(=O)OC(C)C)n2CCC)c(=O)n(CCCC)c1=S. The summed E-state index contributed by atoms with van der Waals surface area (Å²) in [6.07, 6.45) is 3.66. The first-order valence-corrected chi connectivity index (χ1v) is 11.8. The van der Waals surface area contributed by atoms with Crippen LogP contribution in [0.3, 0.4) is 0 Å². The van der Waals surface area contributed by atoms with Gasteiger partial charge in [-0.3, -0.25) is 18.5 Å². The van der Waals surface area contributed by atoms with Gasteiger partial charge in [0.25, 0.3) is 11.5 Å². The van der Waals surface area contributed by atoms with E-state index in [0.29, 0.717) is 26.1 Å². The number of unbranched alkanes of at least 4 members (excludes halogenated alkanes) is 2. The molecule has 0 radical (unpaired) electrons. The van der Waals surface area contributed by atoms with Crippen molar-refractivity contribution in [2.45, 2.75) is 92.5 Å². The number of aromatic nitrogens is 5. The lowest BCUT2D eigenvalue weighted by molar-refractivity contribution is 0.0357. The van der Waals surface area contributed by atoms with Crippen molar-refractivity contribution in [1.82, 2.24) is 23.9 Å². The van der Waals surface area contributed by atoms with Crippen molar-refractivity contribution in [3.05, 3.63) is 20.9 Å². The quantitative estimate of drug-likeness (QED) is 0.266. The Kier molecular flexibility index (Phi) is 9.89. The molecule has 0 bridgehead atoms. The molecule has 12 heteroatoms. The fourth-order valence-electron chi connectivity index (χ4n) is 3.10. The molecule has 0 unspecified atom stereocenters. The highest BCUT2D eigenvalue weighted by Gasteiger charge is 2.22. The molecule has 0 fully saturated rings. The van der Waals surface area contributed by atoms with Gasteiger partial charge in [0.05, 0.1) is 6.10 Å². The standard InChI is InChI=1S/C21H33N7O4S/c1-6-9-12-27-17(29)15(18(30)28(21(27)33)13-10-7-2)22-24-20-25-23-16(26(20)11-8-3)19(31)32-14(4)5/h14,29H,6-13H2,1-5H3. The van der Waals surface area contributed by atoms with Gasteiger partial charge in [0.15, 0.2) is 4.77 Å². The number of aromatic hydroxyl groups is 1. The predicted molar refractivity (Wildman–Crippen MR) is 126 cm³/mol. The first-order chi connectivity index (χ1) is 15.8. The molecule has 0 saturated carbocycles. The van der Waals surface area contributed by atoms with E-state index in [9.17, 15) is 14.7 Å².